The minimum absolute atomic E-state index is 0.0285. The van der Waals surface area contributed by atoms with Crippen LogP contribution in [0.1, 0.15) is 24.8 Å². The van der Waals surface area contributed by atoms with E-state index in [0.29, 0.717) is 17.4 Å². The number of hydrogen-bond donors (Lipinski definition) is 1. The normalized spacial score (nSPS) is 17.3. The van der Waals surface area contributed by atoms with Crippen LogP contribution in [0.2, 0.25) is 0 Å². The van der Waals surface area contributed by atoms with E-state index in [9.17, 15) is 4.79 Å². The van der Waals surface area contributed by atoms with Gasteiger partial charge in [0.25, 0.3) is 0 Å². The number of rotatable bonds is 2. The van der Waals surface area contributed by atoms with E-state index < -0.39 is 0 Å². The van der Waals surface area contributed by atoms with Crippen LogP contribution in [0.4, 0.5) is 17.2 Å². The van der Waals surface area contributed by atoms with Crippen LogP contribution in [-0.2, 0) is 4.79 Å². The van der Waals surface area contributed by atoms with E-state index in [1.807, 2.05) is 36.4 Å². The highest BCUT2D eigenvalue weighted by atomic mass is 32.1. The second kappa shape index (κ2) is 6.90. The summed E-state index contributed by atoms with van der Waals surface area (Å²) in [7, 11) is 0. The van der Waals surface area contributed by atoms with Crippen LogP contribution in [0, 0.1) is 0 Å². The van der Waals surface area contributed by atoms with Crippen LogP contribution in [0.15, 0.2) is 42.6 Å². The van der Waals surface area contributed by atoms with Gasteiger partial charge in [-0.1, -0.05) is 30.8 Å². The van der Waals surface area contributed by atoms with Crippen LogP contribution in [0.3, 0.4) is 0 Å². The Kier molecular flexibility index (Phi) is 4.46. The van der Waals surface area contributed by atoms with Gasteiger partial charge >= 0.3 is 0 Å². The number of para-hydroxylation sites is 2. The lowest BCUT2D eigenvalue weighted by atomic mass is 10.1. The Morgan fingerprint density at radius 2 is 1.92 bits per heavy atom. The predicted molar refractivity (Wildman–Crippen MR) is 103 cm³/mol. The van der Waals surface area contributed by atoms with Crippen LogP contribution < -0.4 is 10.2 Å². The van der Waals surface area contributed by atoms with Crippen molar-refractivity contribution in [2.24, 2.45) is 0 Å². The lowest BCUT2D eigenvalue weighted by Crippen LogP contribution is -2.41. The number of benzene rings is 1. The minimum Gasteiger partial charge on any atom is -0.344 e. The molecule has 1 aromatic heterocycles. The molecule has 2 aromatic rings. The van der Waals surface area contributed by atoms with E-state index in [1.165, 1.54) is 6.42 Å². The summed E-state index contributed by atoms with van der Waals surface area (Å²) in [4.78, 5) is 22.2. The third-order valence-corrected chi connectivity index (χ3v) is 5.02. The lowest BCUT2D eigenvalue weighted by molar-refractivity contribution is -0.119. The van der Waals surface area contributed by atoms with Crippen molar-refractivity contribution in [3.05, 3.63) is 48.2 Å². The molecule has 128 valence electrons. The molecule has 5 nitrogen and oxygen atoms in total. The van der Waals surface area contributed by atoms with Gasteiger partial charge in [0.15, 0.2) is 0 Å². The van der Waals surface area contributed by atoms with Crippen molar-refractivity contribution < 1.29 is 4.79 Å². The number of anilines is 3. The monoisotopic (exact) mass is 352 g/mol. The number of carbonyl (C=O) groups is 1. The molecule has 1 fully saturated rings. The van der Waals surface area contributed by atoms with Gasteiger partial charge in [0, 0.05) is 6.20 Å². The first kappa shape index (κ1) is 16.2. The molecule has 0 spiro atoms. The molecule has 2 aliphatic rings. The fourth-order valence-electron chi connectivity index (χ4n) is 3.46. The zero-order chi connectivity index (χ0) is 17.2. The van der Waals surface area contributed by atoms with E-state index >= 15 is 0 Å². The van der Waals surface area contributed by atoms with Gasteiger partial charge in [0.05, 0.1) is 23.5 Å². The number of carbonyl (C=O) groups excluding carboxylic acids is 1. The average Bonchev–Trinajstić information content (AvgIpc) is 2.76. The summed E-state index contributed by atoms with van der Waals surface area (Å²) in [5.74, 6) is 0.632. The van der Waals surface area contributed by atoms with E-state index in [-0.39, 0.29) is 5.91 Å². The first-order valence-corrected chi connectivity index (χ1v) is 9.05. The molecule has 1 N–H and O–H groups in total. The Morgan fingerprint density at radius 1 is 1.12 bits per heavy atom. The van der Waals surface area contributed by atoms with Gasteiger partial charge < -0.3 is 5.32 Å². The summed E-state index contributed by atoms with van der Waals surface area (Å²) < 4.78 is 0. The second-order valence-corrected chi connectivity index (χ2v) is 6.82. The Balaban J connectivity index is 1.75. The summed E-state index contributed by atoms with van der Waals surface area (Å²) >= 11 is 5.52. The molecule has 0 unspecified atom stereocenters. The van der Waals surface area contributed by atoms with Crippen LogP contribution in [-0.4, -0.2) is 40.4 Å². The van der Waals surface area contributed by atoms with Crippen molar-refractivity contribution >= 4 is 40.3 Å². The van der Waals surface area contributed by atoms with Crippen molar-refractivity contribution in [1.29, 1.82) is 0 Å². The molecule has 1 amide bonds. The molecule has 25 heavy (non-hydrogen) atoms. The van der Waals surface area contributed by atoms with Gasteiger partial charge in [-0.3, -0.25) is 14.6 Å². The summed E-state index contributed by atoms with van der Waals surface area (Å²) in [6, 6.07) is 11.5. The Labute approximate surface area is 152 Å². The van der Waals surface area contributed by atoms with Gasteiger partial charge in [0.1, 0.15) is 10.8 Å². The zero-order valence-electron chi connectivity index (χ0n) is 13.9. The quantitative estimate of drug-likeness (QED) is 0.840. The van der Waals surface area contributed by atoms with Gasteiger partial charge in [-0.2, -0.15) is 0 Å². The van der Waals surface area contributed by atoms with Crippen LogP contribution in [0.25, 0.3) is 0 Å². The number of aromatic nitrogens is 1. The summed E-state index contributed by atoms with van der Waals surface area (Å²) in [5.41, 5.74) is 2.41. The van der Waals surface area contributed by atoms with E-state index in [2.05, 4.69) is 15.2 Å². The molecule has 6 heteroatoms. The molecule has 0 bridgehead atoms. The first-order valence-electron chi connectivity index (χ1n) is 8.65. The third kappa shape index (κ3) is 3.15. The Hall–Kier alpha value is -2.31. The molecular weight excluding hydrogens is 332 g/mol. The van der Waals surface area contributed by atoms with Crippen molar-refractivity contribution in [2.45, 2.75) is 19.3 Å². The van der Waals surface area contributed by atoms with Crippen molar-refractivity contribution in [2.75, 3.05) is 29.9 Å². The lowest BCUT2D eigenvalue weighted by Gasteiger charge is -2.29. The number of pyridine rings is 1. The van der Waals surface area contributed by atoms with Gasteiger partial charge in [-0.25, -0.2) is 4.98 Å². The molecule has 2 aliphatic heterocycles. The highest BCUT2D eigenvalue weighted by molar-refractivity contribution is 7.81. The van der Waals surface area contributed by atoms with Crippen molar-refractivity contribution in [3.8, 4) is 0 Å². The largest absolute Gasteiger partial charge is 0.344 e. The molecule has 1 aromatic carbocycles. The second-order valence-electron chi connectivity index (χ2n) is 6.41. The minimum atomic E-state index is 0.0285. The van der Waals surface area contributed by atoms with Crippen LogP contribution in [0.5, 0.6) is 0 Å². The average molecular weight is 352 g/mol. The molecule has 0 saturated carbocycles. The number of likely N-dealkylation sites (tertiary alicyclic amines) is 1. The highest BCUT2D eigenvalue weighted by Crippen LogP contribution is 2.36. The topological polar surface area (TPSA) is 48.5 Å². The first-order chi connectivity index (χ1) is 12.2. The van der Waals surface area contributed by atoms with Gasteiger partial charge in [-0.15, -0.1) is 0 Å². The number of amides is 1. The number of hydrogen-bond acceptors (Lipinski definition) is 4. The summed E-state index contributed by atoms with van der Waals surface area (Å²) in [6.07, 6.45) is 5.27. The number of piperidine rings is 1. The predicted octanol–water partition coefficient (Wildman–Crippen LogP) is 3.33. The third-order valence-electron chi connectivity index (χ3n) is 4.69. The van der Waals surface area contributed by atoms with Gasteiger partial charge in [0.2, 0.25) is 5.91 Å². The van der Waals surface area contributed by atoms with Crippen LogP contribution >= 0.6 is 12.2 Å². The Morgan fingerprint density at radius 3 is 2.76 bits per heavy atom. The number of nitrogens with zero attached hydrogens (tertiary/aromatic N) is 3. The molecule has 4 rings (SSSR count). The molecule has 0 radical (unpaired) electrons. The molecular formula is C19H20N4OS. The highest BCUT2D eigenvalue weighted by Gasteiger charge is 2.29. The van der Waals surface area contributed by atoms with Gasteiger partial charge in [-0.05, 0) is 50.2 Å². The molecule has 1 saturated heterocycles. The maximum atomic E-state index is 13.2. The number of thiocarbonyl (C=S) groups is 1. The standard InChI is InChI=1S/C19H20N4OS/c24-17(13-22-11-4-1-5-12-22)23-16-9-3-2-8-15(16)21-19(25)14-7-6-10-20-18(14)23/h2-3,6-10H,1,4-5,11-13H2,(H,21,25). The maximum absolute atomic E-state index is 13.2. The number of nitrogens with one attached hydrogen (secondary N) is 1. The maximum Gasteiger partial charge on any atom is 0.246 e. The molecule has 0 aliphatic carbocycles. The summed E-state index contributed by atoms with van der Waals surface area (Å²) in [5, 5.41) is 3.25. The fourth-order valence-corrected chi connectivity index (χ4v) is 3.73. The van der Waals surface area contributed by atoms with Crippen molar-refractivity contribution in [3.63, 3.8) is 0 Å². The van der Waals surface area contributed by atoms with E-state index in [4.69, 9.17) is 12.2 Å². The Bertz CT molecular complexity index is 817. The van der Waals surface area contributed by atoms with Crippen molar-refractivity contribution in [1.82, 2.24) is 9.88 Å². The van der Waals surface area contributed by atoms with E-state index in [0.717, 1.165) is 42.9 Å². The SMILES string of the molecule is O=C(CN1CCCCC1)N1c2ccccc2NC(=S)c2cccnc21. The number of fused-ring (bicyclic) bond motifs is 2. The molecule has 3 heterocycles. The van der Waals surface area contributed by atoms with E-state index in [1.54, 1.807) is 11.1 Å². The fraction of sp³-hybridized carbons (Fsp3) is 0.316. The summed E-state index contributed by atoms with van der Waals surface area (Å²) in [6.45, 7) is 2.36. The zero-order valence-corrected chi connectivity index (χ0v) is 14.8. The molecule has 0 atom stereocenters. The smallest absolute Gasteiger partial charge is 0.246 e.